The van der Waals surface area contributed by atoms with E-state index in [1.165, 1.54) is 5.56 Å². The van der Waals surface area contributed by atoms with Crippen molar-refractivity contribution in [2.45, 2.75) is 40.7 Å². The minimum atomic E-state index is 0.316. The van der Waals surface area contributed by atoms with Crippen LogP contribution in [0.25, 0.3) is 0 Å². The second-order valence-electron chi connectivity index (χ2n) is 6.02. The van der Waals surface area contributed by atoms with Crippen molar-refractivity contribution in [2.75, 3.05) is 13.7 Å². The normalized spacial score (nSPS) is 13.3. The molecule has 0 aromatic heterocycles. The topological polar surface area (TPSA) is 21.3 Å². The van der Waals surface area contributed by atoms with E-state index in [-0.39, 0.29) is 0 Å². The summed E-state index contributed by atoms with van der Waals surface area (Å²) in [5.74, 6) is 3.08. The zero-order valence-electron chi connectivity index (χ0n) is 13.2. The molecular formula is C17H29NO. The average Bonchev–Trinajstić information content (AvgIpc) is 2.37. The first-order chi connectivity index (χ1) is 8.97. The van der Waals surface area contributed by atoms with E-state index in [1.54, 1.807) is 7.11 Å². The zero-order chi connectivity index (χ0) is 14.4. The molecule has 0 aliphatic heterocycles. The first-order valence-corrected chi connectivity index (χ1v) is 7.33. The highest BCUT2D eigenvalue weighted by Gasteiger charge is 2.19. The fourth-order valence-corrected chi connectivity index (χ4v) is 2.69. The van der Waals surface area contributed by atoms with Gasteiger partial charge >= 0.3 is 0 Å². The van der Waals surface area contributed by atoms with Crippen LogP contribution in [0.5, 0.6) is 5.75 Å². The molecule has 1 rings (SSSR count). The van der Waals surface area contributed by atoms with E-state index in [2.05, 4.69) is 52.1 Å². The monoisotopic (exact) mass is 263 g/mol. The summed E-state index contributed by atoms with van der Waals surface area (Å²) in [6.45, 7) is 12.5. The van der Waals surface area contributed by atoms with Crippen molar-refractivity contribution in [3.8, 4) is 5.75 Å². The molecule has 1 unspecified atom stereocenters. The molecule has 1 aromatic rings. The predicted molar refractivity (Wildman–Crippen MR) is 82.6 cm³/mol. The SMILES string of the molecule is COc1ccccc1C(C)NCC(C(C)C)C(C)C. The highest BCUT2D eigenvalue weighted by atomic mass is 16.5. The summed E-state index contributed by atoms with van der Waals surface area (Å²) in [5, 5.41) is 3.66. The molecule has 2 heteroatoms. The average molecular weight is 263 g/mol. The number of methoxy groups -OCH3 is 1. The maximum Gasteiger partial charge on any atom is 0.123 e. The fourth-order valence-electron chi connectivity index (χ4n) is 2.69. The van der Waals surface area contributed by atoms with Crippen LogP contribution in [0.15, 0.2) is 24.3 Å². The molecule has 0 radical (unpaired) electrons. The lowest BCUT2D eigenvalue weighted by Gasteiger charge is -2.27. The van der Waals surface area contributed by atoms with Gasteiger partial charge in [-0.2, -0.15) is 0 Å². The second-order valence-corrected chi connectivity index (χ2v) is 6.02. The summed E-state index contributed by atoms with van der Waals surface area (Å²) in [7, 11) is 1.73. The van der Waals surface area contributed by atoms with Gasteiger partial charge in [-0.15, -0.1) is 0 Å². The lowest BCUT2D eigenvalue weighted by atomic mass is 9.85. The van der Waals surface area contributed by atoms with Crippen molar-refractivity contribution < 1.29 is 4.74 Å². The van der Waals surface area contributed by atoms with Crippen LogP contribution in [0.2, 0.25) is 0 Å². The molecule has 1 atom stereocenters. The maximum atomic E-state index is 5.43. The third-order valence-electron chi connectivity index (χ3n) is 3.98. The Hall–Kier alpha value is -1.02. The Morgan fingerprint density at radius 3 is 2.11 bits per heavy atom. The van der Waals surface area contributed by atoms with Crippen LogP contribution in [0.1, 0.15) is 46.2 Å². The number of hydrogen-bond acceptors (Lipinski definition) is 2. The lowest BCUT2D eigenvalue weighted by Crippen LogP contribution is -2.31. The summed E-state index contributed by atoms with van der Waals surface area (Å²) >= 11 is 0. The van der Waals surface area contributed by atoms with Gasteiger partial charge < -0.3 is 10.1 Å². The summed E-state index contributed by atoms with van der Waals surface area (Å²) in [6, 6.07) is 8.56. The molecular weight excluding hydrogens is 234 g/mol. The molecule has 0 saturated heterocycles. The highest BCUT2D eigenvalue weighted by Crippen LogP contribution is 2.26. The molecule has 0 heterocycles. The van der Waals surface area contributed by atoms with Crippen molar-refractivity contribution in [3.63, 3.8) is 0 Å². The third-order valence-corrected chi connectivity index (χ3v) is 3.98. The minimum absolute atomic E-state index is 0.316. The van der Waals surface area contributed by atoms with Gasteiger partial charge in [-0.05, 0) is 37.3 Å². The van der Waals surface area contributed by atoms with Crippen LogP contribution in [-0.2, 0) is 0 Å². The second kappa shape index (κ2) is 7.54. The Labute approximate surface area is 118 Å². The summed E-state index contributed by atoms with van der Waals surface area (Å²) in [6.07, 6.45) is 0. The minimum Gasteiger partial charge on any atom is -0.496 e. The van der Waals surface area contributed by atoms with Gasteiger partial charge in [0.15, 0.2) is 0 Å². The van der Waals surface area contributed by atoms with E-state index >= 15 is 0 Å². The maximum absolute atomic E-state index is 5.43. The van der Waals surface area contributed by atoms with Crippen molar-refractivity contribution in [1.82, 2.24) is 5.32 Å². The van der Waals surface area contributed by atoms with Crippen molar-refractivity contribution in [3.05, 3.63) is 29.8 Å². The van der Waals surface area contributed by atoms with Gasteiger partial charge in [-0.3, -0.25) is 0 Å². The third kappa shape index (κ3) is 4.54. The van der Waals surface area contributed by atoms with E-state index in [4.69, 9.17) is 4.74 Å². The fraction of sp³-hybridized carbons (Fsp3) is 0.647. The Kier molecular flexibility index (Phi) is 6.36. The van der Waals surface area contributed by atoms with Crippen LogP contribution >= 0.6 is 0 Å². The number of hydrogen-bond donors (Lipinski definition) is 1. The quantitative estimate of drug-likeness (QED) is 0.793. The molecule has 19 heavy (non-hydrogen) atoms. The van der Waals surface area contributed by atoms with E-state index in [9.17, 15) is 0 Å². The highest BCUT2D eigenvalue weighted by molar-refractivity contribution is 5.35. The summed E-state index contributed by atoms with van der Waals surface area (Å²) in [4.78, 5) is 0. The molecule has 0 bridgehead atoms. The number of para-hydroxylation sites is 1. The smallest absolute Gasteiger partial charge is 0.123 e. The van der Waals surface area contributed by atoms with Crippen LogP contribution in [0, 0.1) is 17.8 Å². The number of nitrogens with one attached hydrogen (secondary N) is 1. The van der Waals surface area contributed by atoms with E-state index in [0.29, 0.717) is 23.8 Å². The van der Waals surface area contributed by atoms with Gasteiger partial charge in [0.2, 0.25) is 0 Å². The van der Waals surface area contributed by atoms with Crippen LogP contribution < -0.4 is 10.1 Å². The molecule has 0 aliphatic carbocycles. The van der Waals surface area contributed by atoms with Gasteiger partial charge in [0.25, 0.3) is 0 Å². The van der Waals surface area contributed by atoms with E-state index in [0.717, 1.165) is 12.3 Å². The molecule has 2 nitrogen and oxygen atoms in total. The van der Waals surface area contributed by atoms with E-state index in [1.807, 2.05) is 12.1 Å². The Morgan fingerprint density at radius 1 is 1.00 bits per heavy atom. The van der Waals surface area contributed by atoms with Crippen molar-refractivity contribution in [1.29, 1.82) is 0 Å². The number of ether oxygens (including phenoxy) is 1. The van der Waals surface area contributed by atoms with Gasteiger partial charge in [0.1, 0.15) is 5.75 Å². The molecule has 0 amide bonds. The first-order valence-electron chi connectivity index (χ1n) is 7.33. The molecule has 1 N–H and O–H groups in total. The largest absolute Gasteiger partial charge is 0.496 e. The predicted octanol–water partition coefficient (Wildman–Crippen LogP) is 4.27. The summed E-state index contributed by atoms with van der Waals surface area (Å²) < 4.78 is 5.43. The van der Waals surface area contributed by atoms with Gasteiger partial charge in [0.05, 0.1) is 7.11 Å². The number of benzene rings is 1. The molecule has 0 fully saturated rings. The molecule has 0 saturated carbocycles. The molecule has 0 spiro atoms. The molecule has 0 aliphatic rings. The van der Waals surface area contributed by atoms with Gasteiger partial charge in [-0.1, -0.05) is 45.9 Å². The zero-order valence-corrected chi connectivity index (χ0v) is 13.2. The Balaban J connectivity index is 2.66. The summed E-state index contributed by atoms with van der Waals surface area (Å²) in [5.41, 5.74) is 1.23. The van der Waals surface area contributed by atoms with E-state index < -0.39 is 0 Å². The van der Waals surface area contributed by atoms with Crippen LogP contribution in [0.4, 0.5) is 0 Å². The Bertz CT molecular complexity index is 365. The Morgan fingerprint density at radius 2 is 1.58 bits per heavy atom. The van der Waals surface area contributed by atoms with Crippen LogP contribution in [-0.4, -0.2) is 13.7 Å². The van der Waals surface area contributed by atoms with Gasteiger partial charge in [0, 0.05) is 11.6 Å². The number of rotatable bonds is 7. The standard InChI is InChI=1S/C17H29NO/c1-12(2)16(13(3)4)11-18-14(5)15-9-7-8-10-17(15)19-6/h7-10,12-14,16,18H,11H2,1-6H3. The molecule has 1 aromatic carbocycles. The lowest BCUT2D eigenvalue weighted by molar-refractivity contribution is 0.267. The van der Waals surface area contributed by atoms with Gasteiger partial charge in [-0.25, -0.2) is 0 Å². The van der Waals surface area contributed by atoms with Crippen LogP contribution in [0.3, 0.4) is 0 Å². The van der Waals surface area contributed by atoms with Crippen molar-refractivity contribution >= 4 is 0 Å². The molecule has 108 valence electrons. The van der Waals surface area contributed by atoms with Crippen molar-refractivity contribution in [2.24, 2.45) is 17.8 Å². The first kappa shape index (κ1) is 16.0.